The number of rotatable bonds is 50. The predicted molar refractivity (Wildman–Crippen MR) is 341 cm³/mol. The van der Waals surface area contributed by atoms with Crippen molar-refractivity contribution < 1.29 is 72.9 Å². The van der Waals surface area contributed by atoms with Crippen LogP contribution in [0.5, 0.6) is 5.75 Å². The molecule has 8 atom stereocenters. The summed E-state index contributed by atoms with van der Waals surface area (Å²) in [4.78, 5) is 161. The highest BCUT2D eigenvalue weighted by atomic mass is 16.4. The van der Waals surface area contributed by atoms with Gasteiger partial charge in [0.05, 0.1) is 32.0 Å². The van der Waals surface area contributed by atoms with Gasteiger partial charge in [0.2, 0.25) is 65.0 Å². The number of phenolic OH excluding ortho intramolecular Hbond substituents is 1. The predicted octanol–water partition coefficient (Wildman–Crippen LogP) is -0.990. The Hall–Kier alpha value is -8.15. The van der Waals surface area contributed by atoms with Gasteiger partial charge in [-0.15, -0.1) is 0 Å². The van der Waals surface area contributed by atoms with Crippen molar-refractivity contribution in [1.29, 1.82) is 0 Å². The number of benzene rings is 1. The molecule has 0 fully saturated rings. The Balaban J connectivity index is 3.14. The maximum absolute atomic E-state index is 13.8. The minimum absolute atomic E-state index is 0.00542. The highest BCUT2D eigenvalue weighted by Gasteiger charge is 2.32. The van der Waals surface area contributed by atoms with Gasteiger partial charge in [0, 0.05) is 65.3 Å². The molecule has 0 heterocycles. The summed E-state index contributed by atoms with van der Waals surface area (Å²) < 4.78 is 0. The highest BCUT2D eigenvalue weighted by molar-refractivity contribution is 5.96. The van der Waals surface area contributed by atoms with Crippen LogP contribution in [0.15, 0.2) is 29.3 Å². The summed E-state index contributed by atoms with van der Waals surface area (Å²) in [6, 6.07) is -2.70. The van der Waals surface area contributed by atoms with E-state index in [1.807, 2.05) is 0 Å². The third-order valence-corrected chi connectivity index (χ3v) is 14.6. The first-order valence-corrected chi connectivity index (χ1v) is 31.8. The number of nitrogens with one attached hydrogen (secondary N) is 11. The first kappa shape index (κ1) is 80.9. The number of aliphatic carboxylic acids is 1. The molecule has 91 heavy (non-hydrogen) atoms. The van der Waals surface area contributed by atoms with E-state index < -0.39 is 146 Å². The molecule has 0 aliphatic carbocycles. The van der Waals surface area contributed by atoms with Gasteiger partial charge in [-0.05, 0) is 62.3 Å². The zero-order valence-electron chi connectivity index (χ0n) is 53.9. The summed E-state index contributed by atoms with van der Waals surface area (Å²) in [6.45, 7) is 6.01. The molecule has 0 aromatic heterocycles. The number of carboxylic acid groups (broad SMARTS) is 1. The van der Waals surface area contributed by atoms with Crippen LogP contribution in [0.4, 0.5) is 0 Å². The van der Waals surface area contributed by atoms with E-state index >= 15 is 0 Å². The Bertz CT molecular complexity index is 2470. The normalized spacial score (nSPS) is 13.5. The van der Waals surface area contributed by atoms with E-state index in [2.05, 4.69) is 70.4 Å². The van der Waals surface area contributed by atoms with Crippen LogP contribution in [-0.4, -0.2) is 180 Å². The number of nitrogens with two attached hydrogens (primary N) is 3. The van der Waals surface area contributed by atoms with Gasteiger partial charge in [0.25, 0.3) is 0 Å². The number of guanidine groups is 1. The molecule has 0 aliphatic heterocycles. The molecule has 0 spiro atoms. The van der Waals surface area contributed by atoms with Gasteiger partial charge >= 0.3 is 5.97 Å². The van der Waals surface area contributed by atoms with Crippen molar-refractivity contribution in [3.05, 3.63) is 29.8 Å². The van der Waals surface area contributed by atoms with Crippen LogP contribution in [0.2, 0.25) is 0 Å². The average Bonchev–Trinajstić information content (AvgIpc) is 1.75. The smallest absolute Gasteiger partial charge is 0.305 e. The van der Waals surface area contributed by atoms with E-state index in [9.17, 15) is 72.9 Å². The van der Waals surface area contributed by atoms with Gasteiger partial charge in [-0.1, -0.05) is 110 Å². The van der Waals surface area contributed by atoms with Crippen molar-refractivity contribution in [3.8, 4) is 5.75 Å². The first-order chi connectivity index (χ1) is 43.3. The standard InChI is InChI=1S/C61H105N15O15/c1-6-8-9-10-11-12-13-14-15-16-17-23-50(81)68-36-44(70-40(4)78)33-51(82)73-48(35-52(83)72-43(34-54(85)86)21-18-19-28-62)57(88)66-31-30-65-56(87)46(22-20-29-67-61(63)64)75-59(90)49(38-77)74-53(84)37-69-60(91)55(39(3)7-2)76-58(89)47(71-41(5)79)32-42-24-26-45(80)27-25-42/h24-27,39,43-44,46-49,55,77,80H,6-23,28-38,62H2,1-5H3,(H,65,87)(H,66,88)(H,68,81)(H,69,91)(H,70,78)(H,71,79)(H,72,83)(H,73,82)(H,74,84)(H,75,90)(H,76,89)(H,85,86)(H4,63,64,67). The number of phenols is 1. The summed E-state index contributed by atoms with van der Waals surface area (Å²) in [5, 5.41) is 57.4. The van der Waals surface area contributed by atoms with Crippen LogP contribution < -0.4 is 75.7 Å². The van der Waals surface area contributed by atoms with Crippen molar-refractivity contribution in [2.45, 2.75) is 218 Å². The number of carbonyl (C=O) groups is 12. The molecule has 0 saturated carbocycles. The topological polar surface area (TPSA) is 488 Å². The second kappa shape index (κ2) is 47.8. The average molecular weight is 1290 g/mol. The molecule has 30 heteroatoms. The number of carbonyl (C=O) groups excluding carboxylic acids is 11. The number of aliphatic hydroxyl groups excluding tert-OH is 1. The van der Waals surface area contributed by atoms with E-state index in [0.717, 1.165) is 25.7 Å². The van der Waals surface area contributed by atoms with E-state index in [-0.39, 0.29) is 75.9 Å². The van der Waals surface area contributed by atoms with Gasteiger partial charge in [-0.25, -0.2) is 0 Å². The molecule has 11 amide bonds. The van der Waals surface area contributed by atoms with E-state index in [0.29, 0.717) is 37.8 Å². The lowest BCUT2D eigenvalue weighted by Gasteiger charge is -2.26. The van der Waals surface area contributed by atoms with Gasteiger partial charge in [-0.3, -0.25) is 62.5 Å². The second-order valence-corrected chi connectivity index (χ2v) is 22.8. The Morgan fingerprint density at radius 2 is 1.10 bits per heavy atom. The van der Waals surface area contributed by atoms with Crippen LogP contribution in [0.3, 0.4) is 0 Å². The van der Waals surface area contributed by atoms with Gasteiger partial charge < -0.3 is 91.0 Å². The van der Waals surface area contributed by atoms with Gasteiger partial charge in [0.15, 0.2) is 5.96 Å². The molecule has 0 bridgehead atoms. The summed E-state index contributed by atoms with van der Waals surface area (Å²) in [5.74, 6) is -9.93. The monoisotopic (exact) mass is 1290 g/mol. The fourth-order valence-electron chi connectivity index (χ4n) is 9.52. The summed E-state index contributed by atoms with van der Waals surface area (Å²) in [5.41, 5.74) is 17.1. The SMILES string of the molecule is CCCCCCCCCCCCCC(=O)NCC(CC(=O)NC(CC(=O)NC(CCCCN)CC(=O)O)C(=O)NCCNC(=O)C(CCCN=C(N)N)NC(=O)C(CO)NC(=O)CNC(=O)C(NC(=O)C(Cc1ccc(O)cc1)NC(C)=O)C(C)CC)NC(C)=O. The number of nitrogens with zero attached hydrogens (tertiary/aromatic N) is 1. The fraction of sp³-hybridized carbons (Fsp3) is 0.689. The van der Waals surface area contributed by atoms with Crippen LogP contribution >= 0.6 is 0 Å². The first-order valence-electron chi connectivity index (χ1n) is 31.8. The third-order valence-electron chi connectivity index (χ3n) is 14.6. The van der Waals surface area contributed by atoms with Gasteiger partial charge in [0.1, 0.15) is 36.0 Å². The van der Waals surface area contributed by atoms with Crippen LogP contribution in [-0.2, 0) is 64.0 Å². The lowest BCUT2D eigenvalue weighted by atomic mass is 9.97. The lowest BCUT2D eigenvalue weighted by molar-refractivity contribution is -0.138. The Kier molecular flexibility index (Phi) is 42.4. The summed E-state index contributed by atoms with van der Waals surface area (Å²) in [6.07, 6.45) is 12.7. The highest BCUT2D eigenvalue weighted by Crippen LogP contribution is 2.15. The van der Waals surface area contributed by atoms with Crippen LogP contribution in [0.1, 0.15) is 175 Å². The Morgan fingerprint density at radius 1 is 0.527 bits per heavy atom. The number of carboxylic acids is 1. The van der Waals surface area contributed by atoms with Crippen molar-refractivity contribution in [1.82, 2.24) is 58.5 Å². The molecule has 0 radical (unpaired) electrons. The van der Waals surface area contributed by atoms with E-state index in [4.69, 9.17) is 17.2 Å². The summed E-state index contributed by atoms with van der Waals surface area (Å²) >= 11 is 0. The van der Waals surface area contributed by atoms with Crippen molar-refractivity contribution in [2.24, 2.45) is 28.1 Å². The molecule has 514 valence electrons. The Labute approximate surface area is 534 Å². The number of aromatic hydroxyl groups is 1. The largest absolute Gasteiger partial charge is 0.508 e. The van der Waals surface area contributed by atoms with Crippen LogP contribution in [0.25, 0.3) is 0 Å². The second-order valence-electron chi connectivity index (χ2n) is 22.8. The molecular formula is C61H105N15O15. The number of unbranched alkanes of at least 4 members (excludes halogenated alkanes) is 11. The number of hydrogen-bond acceptors (Lipinski definition) is 16. The van der Waals surface area contributed by atoms with E-state index in [1.165, 1.54) is 64.5 Å². The number of hydrogen-bond donors (Lipinski definition) is 17. The number of amides is 11. The molecule has 0 saturated heterocycles. The molecule has 30 nitrogen and oxygen atoms in total. The third kappa shape index (κ3) is 38.9. The molecule has 1 rings (SSSR count). The van der Waals surface area contributed by atoms with Crippen molar-refractivity contribution >= 4 is 76.9 Å². The minimum atomic E-state index is -1.66. The molecule has 1 aromatic rings. The minimum Gasteiger partial charge on any atom is -0.508 e. The van der Waals surface area contributed by atoms with Crippen LogP contribution in [0, 0.1) is 5.92 Å². The Morgan fingerprint density at radius 3 is 1.66 bits per heavy atom. The lowest BCUT2D eigenvalue weighted by Crippen LogP contribution is -2.58. The number of aliphatic hydroxyl groups is 1. The molecule has 0 aliphatic rings. The molecule has 1 aromatic carbocycles. The van der Waals surface area contributed by atoms with E-state index in [1.54, 1.807) is 26.0 Å². The van der Waals surface area contributed by atoms with Crippen molar-refractivity contribution in [2.75, 3.05) is 45.9 Å². The molecule has 8 unspecified atom stereocenters. The molecule has 20 N–H and O–H groups in total. The quantitative estimate of drug-likeness (QED) is 0.0212. The molecular weight excluding hydrogens is 1180 g/mol. The zero-order chi connectivity index (χ0) is 68.1. The van der Waals surface area contributed by atoms with Crippen molar-refractivity contribution in [3.63, 3.8) is 0 Å². The fourth-order valence-corrected chi connectivity index (χ4v) is 9.52. The maximum atomic E-state index is 13.8. The zero-order valence-corrected chi connectivity index (χ0v) is 53.9. The van der Waals surface area contributed by atoms with Gasteiger partial charge in [-0.2, -0.15) is 0 Å². The summed E-state index contributed by atoms with van der Waals surface area (Å²) in [7, 11) is 0. The maximum Gasteiger partial charge on any atom is 0.305 e. The number of aliphatic imine (C=N–C) groups is 1.